The molecular weight excluding hydrogens is 311 g/mol. The molecule has 0 bridgehead atoms. The topological polar surface area (TPSA) is 47.1 Å². The van der Waals surface area contributed by atoms with Gasteiger partial charge in [-0.1, -0.05) is 34.1 Å². The Balaban J connectivity index is 0.000000196. The monoisotopic (exact) mass is 343 g/mol. The van der Waals surface area contributed by atoms with E-state index in [0.29, 0.717) is 5.92 Å². The van der Waals surface area contributed by atoms with E-state index in [1.165, 1.54) is 37.0 Å². The molecule has 1 saturated heterocycles. The summed E-state index contributed by atoms with van der Waals surface area (Å²) in [6.45, 7) is 15.8. The van der Waals surface area contributed by atoms with E-state index >= 15 is 0 Å². The van der Waals surface area contributed by atoms with Gasteiger partial charge in [0, 0.05) is 29.8 Å². The number of aromatic amines is 1. The third-order valence-corrected chi connectivity index (χ3v) is 5.53. The molecule has 1 radical (unpaired) electrons. The van der Waals surface area contributed by atoms with Crippen molar-refractivity contribution in [2.45, 2.75) is 72.8 Å². The van der Waals surface area contributed by atoms with Crippen LogP contribution in [-0.2, 0) is 9.31 Å². The normalized spacial score (nSPS) is 19.6. The zero-order valence-corrected chi connectivity index (χ0v) is 16.8. The molecule has 2 aromatic rings. The number of hydrogen-bond acceptors (Lipinski definition) is 3. The van der Waals surface area contributed by atoms with Crippen LogP contribution in [0.25, 0.3) is 11.0 Å². The summed E-state index contributed by atoms with van der Waals surface area (Å²) in [4.78, 5) is 7.62. The Morgan fingerprint density at radius 2 is 2.04 bits per heavy atom. The quantitative estimate of drug-likeness (QED) is 0.784. The molecule has 1 N–H and O–H groups in total. The fourth-order valence-corrected chi connectivity index (χ4v) is 2.75. The lowest BCUT2D eigenvalue weighted by Crippen LogP contribution is -2.50. The third-order valence-electron chi connectivity index (χ3n) is 5.53. The molecule has 1 unspecified atom stereocenters. The van der Waals surface area contributed by atoms with E-state index in [1.807, 2.05) is 12.4 Å². The van der Waals surface area contributed by atoms with E-state index < -0.39 is 0 Å². The standard InChI is InChI=1S/C13H18N2.C7H14BO2/c1-4-5-9(2)11-6-12-10(3)7-14-13(12)15-8-11;1-6(2)5-9-8-10-7(6,3)4/h6-9H,4-5H2,1-3H3,(H,14,15);5H2,1-4H3. The molecule has 25 heavy (non-hydrogen) atoms. The summed E-state index contributed by atoms with van der Waals surface area (Å²) in [5.41, 5.74) is 3.63. The zero-order valence-electron chi connectivity index (χ0n) is 16.8. The first kappa shape index (κ1) is 20.0. The molecule has 3 rings (SSSR count). The predicted molar refractivity (Wildman–Crippen MR) is 105 cm³/mol. The number of hydrogen-bond donors (Lipinski definition) is 1. The number of H-pyrrole nitrogens is 1. The van der Waals surface area contributed by atoms with Crippen molar-refractivity contribution < 1.29 is 9.31 Å². The van der Waals surface area contributed by atoms with Gasteiger partial charge >= 0.3 is 7.69 Å². The Morgan fingerprint density at radius 1 is 1.32 bits per heavy atom. The average Bonchev–Trinajstić information content (AvgIpc) is 2.92. The minimum Gasteiger partial charge on any atom is -0.413 e. The van der Waals surface area contributed by atoms with Gasteiger partial charge in [0.25, 0.3) is 0 Å². The number of nitrogens with one attached hydrogen (secondary N) is 1. The molecular formula is C20H32BN2O2. The van der Waals surface area contributed by atoms with Crippen LogP contribution in [0.15, 0.2) is 18.5 Å². The summed E-state index contributed by atoms with van der Waals surface area (Å²) in [6, 6.07) is 2.27. The van der Waals surface area contributed by atoms with Crippen molar-refractivity contribution in [3.8, 4) is 0 Å². The Labute approximate surface area is 153 Å². The minimum atomic E-state index is -0.106. The molecule has 1 aliphatic rings. The van der Waals surface area contributed by atoms with Gasteiger partial charge in [0.15, 0.2) is 0 Å². The second-order valence-electron chi connectivity index (χ2n) is 8.25. The first-order valence-corrected chi connectivity index (χ1v) is 9.22. The molecule has 4 nitrogen and oxygen atoms in total. The van der Waals surface area contributed by atoms with Gasteiger partial charge < -0.3 is 14.3 Å². The molecule has 0 aromatic carbocycles. The lowest BCUT2D eigenvalue weighted by atomic mass is 9.76. The van der Waals surface area contributed by atoms with Crippen LogP contribution in [0.4, 0.5) is 0 Å². The Kier molecular flexibility index (Phi) is 6.33. The summed E-state index contributed by atoms with van der Waals surface area (Å²) in [7, 11) is 1.44. The van der Waals surface area contributed by atoms with Crippen LogP contribution < -0.4 is 0 Å². The fraction of sp³-hybridized carbons (Fsp3) is 0.650. The highest BCUT2D eigenvalue weighted by molar-refractivity contribution is 6.18. The summed E-state index contributed by atoms with van der Waals surface area (Å²) in [5.74, 6) is 0.612. The SMILES string of the molecule is CC1(C)CO[B]OC1(C)C.CCCC(C)c1cnc2[nH]cc(C)c2c1. The van der Waals surface area contributed by atoms with Gasteiger partial charge in [-0.05, 0) is 50.3 Å². The highest BCUT2D eigenvalue weighted by Gasteiger charge is 2.41. The van der Waals surface area contributed by atoms with Crippen LogP contribution in [0, 0.1) is 12.3 Å². The van der Waals surface area contributed by atoms with E-state index in [4.69, 9.17) is 9.31 Å². The number of aromatic nitrogens is 2. The maximum absolute atomic E-state index is 5.33. The number of aryl methyl sites for hydroxylation is 1. The maximum Gasteiger partial charge on any atom is 0.488 e. The first-order chi connectivity index (χ1) is 11.7. The highest BCUT2D eigenvalue weighted by Crippen LogP contribution is 2.36. The summed E-state index contributed by atoms with van der Waals surface area (Å²) in [6.07, 6.45) is 6.48. The van der Waals surface area contributed by atoms with Crippen LogP contribution >= 0.6 is 0 Å². The number of nitrogens with zero attached hydrogens (tertiary/aromatic N) is 1. The van der Waals surface area contributed by atoms with E-state index in [-0.39, 0.29) is 11.0 Å². The molecule has 2 aromatic heterocycles. The second kappa shape index (κ2) is 7.92. The van der Waals surface area contributed by atoms with Crippen molar-refractivity contribution in [2.75, 3.05) is 6.61 Å². The first-order valence-electron chi connectivity index (χ1n) is 9.22. The van der Waals surface area contributed by atoms with Crippen LogP contribution in [0.3, 0.4) is 0 Å². The number of rotatable bonds is 3. The van der Waals surface area contributed by atoms with Crippen molar-refractivity contribution in [1.82, 2.24) is 9.97 Å². The highest BCUT2D eigenvalue weighted by atomic mass is 16.6. The number of fused-ring (bicyclic) bond motifs is 1. The van der Waals surface area contributed by atoms with Crippen molar-refractivity contribution in [1.29, 1.82) is 0 Å². The van der Waals surface area contributed by atoms with E-state index in [1.54, 1.807) is 0 Å². The van der Waals surface area contributed by atoms with Crippen LogP contribution in [0.1, 0.15) is 71.4 Å². The van der Waals surface area contributed by atoms with Gasteiger partial charge in [0.2, 0.25) is 0 Å². The molecule has 0 spiro atoms. The fourth-order valence-electron chi connectivity index (χ4n) is 2.75. The van der Waals surface area contributed by atoms with E-state index in [9.17, 15) is 0 Å². The molecule has 0 saturated carbocycles. The summed E-state index contributed by atoms with van der Waals surface area (Å²) < 4.78 is 10.4. The largest absolute Gasteiger partial charge is 0.488 e. The summed E-state index contributed by atoms with van der Waals surface area (Å²) >= 11 is 0. The maximum atomic E-state index is 5.33. The molecule has 1 aliphatic heterocycles. The molecule has 3 heterocycles. The minimum absolute atomic E-state index is 0.0990. The third kappa shape index (κ3) is 4.65. The Bertz CT molecular complexity index is 678. The zero-order chi connectivity index (χ0) is 18.7. The van der Waals surface area contributed by atoms with Gasteiger partial charge in [-0.25, -0.2) is 4.98 Å². The van der Waals surface area contributed by atoms with Gasteiger partial charge in [0.05, 0.1) is 5.60 Å². The summed E-state index contributed by atoms with van der Waals surface area (Å²) in [5, 5.41) is 1.26. The van der Waals surface area contributed by atoms with Crippen LogP contribution in [0.2, 0.25) is 0 Å². The lowest BCUT2D eigenvalue weighted by Gasteiger charge is -2.44. The van der Waals surface area contributed by atoms with E-state index in [2.05, 4.69) is 64.5 Å². The molecule has 0 amide bonds. The van der Waals surface area contributed by atoms with E-state index in [0.717, 1.165) is 12.3 Å². The van der Waals surface area contributed by atoms with Crippen molar-refractivity contribution >= 4 is 18.7 Å². The van der Waals surface area contributed by atoms with Crippen LogP contribution in [0.5, 0.6) is 0 Å². The van der Waals surface area contributed by atoms with Gasteiger partial charge in [-0.15, -0.1) is 0 Å². The molecule has 137 valence electrons. The van der Waals surface area contributed by atoms with Crippen molar-refractivity contribution in [3.05, 3.63) is 29.6 Å². The lowest BCUT2D eigenvalue weighted by molar-refractivity contribution is -0.0873. The predicted octanol–water partition coefficient (Wildman–Crippen LogP) is 5.15. The molecule has 1 fully saturated rings. The molecule has 5 heteroatoms. The van der Waals surface area contributed by atoms with Crippen molar-refractivity contribution in [2.24, 2.45) is 5.41 Å². The number of pyridine rings is 1. The van der Waals surface area contributed by atoms with Gasteiger partial charge in [0.1, 0.15) is 5.65 Å². The van der Waals surface area contributed by atoms with Gasteiger partial charge in [-0.3, -0.25) is 0 Å². The van der Waals surface area contributed by atoms with Gasteiger partial charge in [-0.2, -0.15) is 0 Å². The molecule has 0 aliphatic carbocycles. The average molecular weight is 343 g/mol. The smallest absolute Gasteiger partial charge is 0.413 e. The second-order valence-corrected chi connectivity index (χ2v) is 8.25. The molecule has 1 atom stereocenters. The van der Waals surface area contributed by atoms with Crippen molar-refractivity contribution in [3.63, 3.8) is 0 Å². The van der Waals surface area contributed by atoms with Crippen LogP contribution in [-0.4, -0.2) is 29.9 Å². The Morgan fingerprint density at radius 3 is 2.60 bits per heavy atom. The Hall–Kier alpha value is -1.33.